The average Bonchev–Trinajstić information content (AvgIpc) is 2.46. The number of hydrogen-bond donors (Lipinski definition) is 0. The van der Waals surface area contributed by atoms with Gasteiger partial charge in [0.2, 0.25) is 0 Å². The van der Waals surface area contributed by atoms with Gasteiger partial charge in [-0.3, -0.25) is 9.78 Å². The fourth-order valence-electron chi connectivity index (χ4n) is 1.90. The van der Waals surface area contributed by atoms with Crippen LogP contribution >= 0.6 is 31.9 Å². The normalized spacial score (nSPS) is 10.8. The summed E-state index contributed by atoms with van der Waals surface area (Å²) < 4.78 is 7.65. The molecule has 0 spiro atoms. The number of fused-ring (bicyclic) bond motifs is 1. The summed E-state index contributed by atoms with van der Waals surface area (Å²) in [4.78, 5) is 15.6. The van der Waals surface area contributed by atoms with Crippen LogP contribution in [-0.2, 0) is 4.79 Å². The van der Waals surface area contributed by atoms with Gasteiger partial charge in [0, 0.05) is 28.9 Å². The Morgan fingerprint density at radius 1 is 1.35 bits per heavy atom. The van der Waals surface area contributed by atoms with E-state index in [9.17, 15) is 4.79 Å². The second kappa shape index (κ2) is 7.18. The van der Waals surface area contributed by atoms with Crippen molar-refractivity contribution in [1.29, 1.82) is 0 Å². The number of nitrogens with zero attached hydrogens (tertiary/aromatic N) is 1. The molecule has 0 N–H and O–H groups in total. The molecular formula is C15H15Br2NO2. The van der Waals surface area contributed by atoms with Crippen molar-refractivity contribution in [1.82, 2.24) is 4.98 Å². The molecule has 106 valence electrons. The third kappa shape index (κ3) is 3.58. The first-order valence-electron chi connectivity index (χ1n) is 6.50. The maximum Gasteiger partial charge on any atom is 0.159 e. The molecule has 0 fully saturated rings. The standard InChI is InChI=1S/C15H15Br2NO2/c1-2-10(19)5-4-8-20-15-13(17)9-12(16)11-6-3-7-18-14(11)15/h3,6-7,9H,2,4-5,8H2,1H3. The highest BCUT2D eigenvalue weighted by molar-refractivity contribution is 9.11. The number of Topliss-reactive ketones (excluding diaryl/α,β-unsaturated/α-hetero) is 1. The monoisotopic (exact) mass is 399 g/mol. The Morgan fingerprint density at radius 2 is 2.15 bits per heavy atom. The molecule has 0 amide bonds. The fraction of sp³-hybridized carbons (Fsp3) is 0.333. The highest BCUT2D eigenvalue weighted by Gasteiger charge is 2.11. The van der Waals surface area contributed by atoms with Crippen molar-refractivity contribution < 1.29 is 9.53 Å². The lowest BCUT2D eigenvalue weighted by atomic mass is 10.2. The van der Waals surface area contributed by atoms with Crippen LogP contribution in [0.4, 0.5) is 0 Å². The van der Waals surface area contributed by atoms with Gasteiger partial charge in [0.15, 0.2) is 5.75 Å². The average molecular weight is 401 g/mol. The van der Waals surface area contributed by atoms with Crippen LogP contribution in [0.2, 0.25) is 0 Å². The molecule has 20 heavy (non-hydrogen) atoms. The molecule has 0 aliphatic carbocycles. The Bertz CT molecular complexity index is 629. The number of carbonyl (C=O) groups excluding carboxylic acids is 1. The smallest absolute Gasteiger partial charge is 0.159 e. The maximum absolute atomic E-state index is 11.3. The van der Waals surface area contributed by atoms with Crippen molar-refractivity contribution in [3.63, 3.8) is 0 Å². The summed E-state index contributed by atoms with van der Waals surface area (Å²) >= 11 is 7.02. The Labute approximate surface area is 135 Å². The Balaban J connectivity index is 2.15. The fourth-order valence-corrected chi connectivity index (χ4v) is 3.29. The number of ether oxygens (including phenoxy) is 1. The van der Waals surface area contributed by atoms with E-state index < -0.39 is 0 Å². The van der Waals surface area contributed by atoms with Crippen molar-refractivity contribution in [3.8, 4) is 5.75 Å². The zero-order chi connectivity index (χ0) is 14.5. The first kappa shape index (κ1) is 15.4. The summed E-state index contributed by atoms with van der Waals surface area (Å²) in [5, 5.41) is 1.01. The number of pyridine rings is 1. The molecule has 0 atom stereocenters. The largest absolute Gasteiger partial charge is 0.490 e. The lowest BCUT2D eigenvalue weighted by Crippen LogP contribution is -2.03. The van der Waals surface area contributed by atoms with Gasteiger partial charge in [-0.25, -0.2) is 0 Å². The van der Waals surface area contributed by atoms with Gasteiger partial charge in [-0.1, -0.05) is 28.9 Å². The molecule has 0 saturated heterocycles. The maximum atomic E-state index is 11.3. The van der Waals surface area contributed by atoms with Crippen LogP contribution in [0.1, 0.15) is 26.2 Å². The van der Waals surface area contributed by atoms with Gasteiger partial charge in [0.25, 0.3) is 0 Å². The summed E-state index contributed by atoms with van der Waals surface area (Å²) in [7, 11) is 0. The number of ketones is 1. The minimum atomic E-state index is 0.270. The number of benzene rings is 1. The van der Waals surface area contributed by atoms with Crippen molar-refractivity contribution in [2.24, 2.45) is 0 Å². The van der Waals surface area contributed by atoms with Crippen LogP contribution in [0.3, 0.4) is 0 Å². The molecule has 2 rings (SSSR count). The lowest BCUT2D eigenvalue weighted by molar-refractivity contribution is -0.118. The topological polar surface area (TPSA) is 39.2 Å². The Hall–Kier alpha value is -0.940. The predicted octanol–water partition coefficient (Wildman–Crippen LogP) is 4.90. The van der Waals surface area contributed by atoms with E-state index in [1.807, 2.05) is 25.1 Å². The van der Waals surface area contributed by atoms with Gasteiger partial charge >= 0.3 is 0 Å². The van der Waals surface area contributed by atoms with E-state index >= 15 is 0 Å². The molecule has 3 nitrogen and oxygen atoms in total. The van der Waals surface area contributed by atoms with E-state index in [1.165, 1.54) is 0 Å². The van der Waals surface area contributed by atoms with E-state index in [1.54, 1.807) is 6.20 Å². The van der Waals surface area contributed by atoms with Gasteiger partial charge in [-0.05, 0) is 34.5 Å². The molecule has 0 aliphatic rings. The molecule has 2 aromatic rings. The zero-order valence-electron chi connectivity index (χ0n) is 11.2. The molecule has 0 unspecified atom stereocenters. The van der Waals surface area contributed by atoms with Gasteiger partial charge in [-0.15, -0.1) is 0 Å². The van der Waals surface area contributed by atoms with Gasteiger partial charge in [0.1, 0.15) is 11.3 Å². The summed E-state index contributed by atoms with van der Waals surface area (Å²) in [5.74, 6) is 0.999. The molecular weight excluding hydrogens is 386 g/mol. The van der Waals surface area contributed by atoms with E-state index in [0.29, 0.717) is 19.4 Å². The van der Waals surface area contributed by atoms with Gasteiger partial charge in [-0.2, -0.15) is 0 Å². The summed E-state index contributed by atoms with van der Waals surface area (Å²) in [5.41, 5.74) is 0.815. The second-order valence-corrected chi connectivity index (χ2v) is 6.12. The third-order valence-electron chi connectivity index (χ3n) is 2.99. The van der Waals surface area contributed by atoms with E-state index in [2.05, 4.69) is 36.8 Å². The number of rotatable bonds is 6. The SMILES string of the molecule is CCC(=O)CCCOc1c(Br)cc(Br)c2cccnc12. The molecule has 0 bridgehead atoms. The molecule has 1 aromatic carbocycles. The first-order valence-corrected chi connectivity index (χ1v) is 8.09. The van der Waals surface area contributed by atoms with E-state index in [4.69, 9.17) is 4.74 Å². The van der Waals surface area contributed by atoms with Crippen molar-refractivity contribution in [2.45, 2.75) is 26.2 Å². The lowest BCUT2D eigenvalue weighted by Gasteiger charge is -2.11. The van der Waals surface area contributed by atoms with E-state index in [0.717, 1.165) is 32.0 Å². The zero-order valence-corrected chi connectivity index (χ0v) is 14.3. The quantitative estimate of drug-likeness (QED) is 0.647. The highest BCUT2D eigenvalue weighted by Crippen LogP contribution is 2.37. The minimum Gasteiger partial charge on any atom is -0.490 e. The molecule has 1 heterocycles. The van der Waals surface area contributed by atoms with Gasteiger partial charge in [0.05, 0.1) is 11.1 Å². The minimum absolute atomic E-state index is 0.270. The van der Waals surface area contributed by atoms with Crippen molar-refractivity contribution in [3.05, 3.63) is 33.3 Å². The van der Waals surface area contributed by atoms with Crippen LogP contribution < -0.4 is 4.74 Å². The van der Waals surface area contributed by atoms with Crippen molar-refractivity contribution in [2.75, 3.05) is 6.61 Å². The number of aromatic nitrogens is 1. The molecule has 0 radical (unpaired) electrons. The van der Waals surface area contributed by atoms with E-state index in [-0.39, 0.29) is 5.78 Å². The van der Waals surface area contributed by atoms with Crippen molar-refractivity contribution >= 4 is 48.5 Å². The Morgan fingerprint density at radius 3 is 2.90 bits per heavy atom. The number of hydrogen-bond acceptors (Lipinski definition) is 3. The van der Waals surface area contributed by atoms with Crippen LogP contribution in [0.5, 0.6) is 5.75 Å². The summed E-state index contributed by atoms with van der Waals surface area (Å²) in [6, 6.07) is 5.84. The van der Waals surface area contributed by atoms with Gasteiger partial charge < -0.3 is 4.74 Å². The molecule has 1 aromatic heterocycles. The summed E-state index contributed by atoms with van der Waals surface area (Å²) in [6.45, 7) is 2.39. The molecule has 5 heteroatoms. The third-order valence-corrected chi connectivity index (χ3v) is 4.24. The first-order chi connectivity index (χ1) is 9.63. The predicted molar refractivity (Wildman–Crippen MR) is 87.2 cm³/mol. The number of halogens is 2. The number of carbonyl (C=O) groups is 1. The van der Waals surface area contributed by atoms with Crippen LogP contribution in [-0.4, -0.2) is 17.4 Å². The van der Waals surface area contributed by atoms with Crippen LogP contribution in [0.15, 0.2) is 33.3 Å². The van der Waals surface area contributed by atoms with Crippen LogP contribution in [0.25, 0.3) is 10.9 Å². The summed E-state index contributed by atoms with van der Waals surface area (Å²) in [6.07, 6.45) is 3.63. The highest BCUT2D eigenvalue weighted by atomic mass is 79.9. The molecule has 0 saturated carbocycles. The second-order valence-electron chi connectivity index (χ2n) is 4.41. The molecule has 0 aliphatic heterocycles. The Kier molecular flexibility index (Phi) is 5.54. The van der Waals surface area contributed by atoms with Crippen LogP contribution in [0, 0.1) is 0 Å².